The summed E-state index contributed by atoms with van der Waals surface area (Å²) in [5.74, 6) is 0.806. The fraction of sp³-hybridized carbons (Fsp3) is 0.875. The molecule has 0 aliphatic rings. The van der Waals surface area contributed by atoms with Crippen LogP contribution >= 0.6 is 0 Å². The first-order valence-corrected chi connectivity index (χ1v) is 3.72. The van der Waals surface area contributed by atoms with Gasteiger partial charge in [0.1, 0.15) is 0 Å². The first-order chi connectivity index (χ1) is 4.16. The van der Waals surface area contributed by atoms with Crippen LogP contribution < -0.4 is 0 Å². The number of rotatable bonds is 4. The lowest BCUT2D eigenvalue weighted by Gasteiger charge is -2.23. The zero-order chi connectivity index (χ0) is 7.28. The second-order valence-electron chi connectivity index (χ2n) is 2.89. The van der Waals surface area contributed by atoms with E-state index in [9.17, 15) is 0 Å². The zero-order valence-corrected chi connectivity index (χ0v) is 6.85. The predicted molar refractivity (Wildman–Crippen MR) is 42.1 cm³/mol. The van der Waals surface area contributed by atoms with Crippen LogP contribution in [0, 0.1) is 13.0 Å². The van der Waals surface area contributed by atoms with Crippen LogP contribution in [-0.2, 0) is 0 Å². The molecule has 56 valence electrons. The average molecular weight is 128 g/mol. The monoisotopic (exact) mass is 128 g/mol. The molecule has 0 unspecified atom stereocenters. The van der Waals surface area contributed by atoms with Gasteiger partial charge in [0.25, 0.3) is 0 Å². The van der Waals surface area contributed by atoms with Crippen LogP contribution in [0.25, 0.3) is 0 Å². The van der Waals surface area contributed by atoms with Crippen molar-refractivity contribution in [3.63, 3.8) is 0 Å². The van der Waals surface area contributed by atoms with Crippen LogP contribution in [0.4, 0.5) is 0 Å². The Hall–Kier alpha value is -0.0400. The minimum Gasteiger partial charge on any atom is -0.459 e. The molecule has 1 heteroatoms. The molecule has 0 radical (unpaired) electrons. The lowest BCUT2D eigenvalue weighted by atomic mass is 10.1. The van der Waals surface area contributed by atoms with Gasteiger partial charge in [-0.25, -0.2) is 0 Å². The van der Waals surface area contributed by atoms with Crippen molar-refractivity contribution >= 4 is 0 Å². The highest BCUT2D eigenvalue weighted by molar-refractivity contribution is 4.53. The summed E-state index contributed by atoms with van der Waals surface area (Å²) < 4.78 is 0. The van der Waals surface area contributed by atoms with Gasteiger partial charge in [0.15, 0.2) is 0 Å². The van der Waals surface area contributed by atoms with Gasteiger partial charge in [-0.15, -0.1) is 0 Å². The molecule has 0 heterocycles. The third kappa shape index (κ3) is 5.84. The van der Waals surface area contributed by atoms with E-state index in [1.807, 2.05) is 0 Å². The fourth-order valence-corrected chi connectivity index (χ4v) is 0.599. The Balaban J connectivity index is 3.06. The van der Waals surface area contributed by atoms with Crippen LogP contribution in [0.3, 0.4) is 0 Å². The van der Waals surface area contributed by atoms with Crippen molar-refractivity contribution in [1.82, 2.24) is 4.90 Å². The molecule has 9 heavy (non-hydrogen) atoms. The van der Waals surface area contributed by atoms with Crippen LogP contribution in [0.2, 0.25) is 0 Å². The van der Waals surface area contributed by atoms with Gasteiger partial charge < -0.3 is 4.90 Å². The third-order valence-corrected chi connectivity index (χ3v) is 1.47. The molecule has 0 aliphatic heterocycles. The summed E-state index contributed by atoms with van der Waals surface area (Å²) >= 11 is 0. The summed E-state index contributed by atoms with van der Waals surface area (Å²) in [6.45, 7) is 8.81. The van der Waals surface area contributed by atoms with E-state index in [4.69, 9.17) is 0 Å². The largest absolute Gasteiger partial charge is 0.459 e. The van der Waals surface area contributed by atoms with Gasteiger partial charge >= 0.3 is 0 Å². The van der Waals surface area contributed by atoms with Gasteiger partial charge in [0.2, 0.25) is 0 Å². The molecule has 0 spiro atoms. The first kappa shape index (κ1) is 8.96. The second-order valence-corrected chi connectivity index (χ2v) is 2.89. The molecule has 0 bridgehead atoms. The first-order valence-electron chi connectivity index (χ1n) is 3.72. The minimum atomic E-state index is 0.806. The van der Waals surface area contributed by atoms with Crippen molar-refractivity contribution in [1.29, 1.82) is 0 Å². The molecule has 0 aromatic heterocycles. The van der Waals surface area contributed by atoms with E-state index in [0.29, 0.717) is 0 Å². The predicted octanol–water partition coefficient (Wildman–Crippen LogP) is 2.15. The van der Waals surface area contributed by atoms with E-state index in [1.165, 1.54) is 6.42 Å². The smallest absolute Gasteiger partial charge is 0.0302 e. The molecule has 0 amide bonds. The Morgan fingerprint density at radius 1 is 1.44 bits per heavy atom. The van der Waals surface area contributed by atoms with Crippen LogP contribution in [0.15, 0.2) is 0 Å². The van der Waals surface area contributed by atoms with Crippen LogP contribution in [0.1, 0.15) is 27.2 Å². The van der Waals surface area contributed by atoms with E-state index in [2.05, 4.69) is 32.7 Å². The minimum absolute atomic E-state index is 0.806. The van der Waals surface area contributed by atoms with E-state index in [1.54, 1.807) is 0 Å². The molecule has 0 saturated heterocycles. The Kier molecular flexibility index (Phi) is 4.78. The molecule has 1 nitrogen and oxygen atoms in total. The maximum absolute atomic E-state index is 3.86. The Morgan fingerprint density at radius 2 is 2.00 bits per heavy atom. The molecular formula is C8H18N-. The molecule has 0 aromatic carbocycles. The summed E-state index contributed by atoms with van der Waals surface area (Å²) in [6.07, 6.45) is 1.26. The number of hydrogen-bond donors (Lipinski definition) is 0. The van der Waals surface area contributed by atoms with Crippen molar-refractivity contribution in [2.75, 3.05) is 13.1 Å². The average Bonchev–Trinajstić information content (AvgIpc) is 1.83. The lowest BCUT2D eigenvalue weighted by Crippen LogP contribution is -2.17. The SMILES string of the molecule is [CH2-]N(CC)CCC(C)C. The molecule has 0 saturated carbocycles. The van der Waals surface area contributed by atoms with Crippen molar-refractivity contribution in [3.05, 3.63) is 7.05 Å². The molecule has 0 atom stereocenters. The molecule has 0 fully saturated rings. The van der Waals surface area contributed by atoms with Gasteiger partial charge in [0.05, 0.1) is 0 Å². The maximum atomic E-state index is 3.86. The molecule has 0 aliphatic carbocycles. The van der Waals surface area contributed by atoms with E-state index in [-0.39, 0.29) is 0 Å². The fourth-order valence-electron chi connectivity index (χ4n) is 0.599. The van der Waals surface area contributed by atoms with Crippen LogP contribution in [-0.4, -0.2) is 18.0 Å². The molecule has 0 rings (SSSR count). The summed E-state index contributed by atoms with van der Waals surface area (Å²) in [6, 6.07) is 0. The van der Waals surface area contributed by atoms with Gasteiger partial charge in [-0.2, -0.15) is 0 Å². The molecule has 0 N–H and O–H groups in total. The number of nitrogens with zero attached hydrogens (tertiary/aromatic N) is 1. The topological polar surface area (TPSA) is 3.24 Å². The maximum Gasteiger partial charge on any atom is -0.0302 e. The van der Waals surface area contributed by atoms with E-state index >= 15 is 0 Å². The Labute approximate surface area is 59.1 Å². The quantitative estimate of drug-likeness (QED) is 0.524. The normalized spacial score (nSPS) is 11.3. The summed E-state index contributed by atoms with van der Waals surface area (Å²) in [5, 5.41) is 0. The summed E-state index contributed by atoms with van der Waals surface area (Å²) in [5.41, 5.74) is 0. The van der Waals surface area contributed by atoms with Crippen molar-refractivity contribution in [2.45, 2.75) is 27.2 Å². The highest BCUT2D eigenvalue weighted by atomic mass is 15.1. The summed E-state index contributed by atoms with van der Waals surface area (Å²) in [4.78, 5) is 2.10. The standard InChI is InChI=1S/C8H18N/c1-5-9(4)7-6-8(2)3/h8H,4-7H2,1-3H3/q-1. The lowest BCUT2D eigenvalue weighted by molar-refractivity contribution is 0.356. The van der Waals surface area contributed by atoms with Crippen LogP contribution in [0.5, 0.6) is 0 Å². The van der Waals surface area contributed by atoms with Gasteiger partial charge in [-0.1, -0.05) is 20.8 Å². The third-order valence-electron chi connectivity index (χ3n) is 1.47. The van der Waals surface area contributed by atoms with Gasteiger partial charge in [0, 0.05) is 0 Å². The molecular weight excluding hydrogens is 110 g/mol. The second kappa shape index (κ2) is 4.80. The van der Waals surface area contributed by atoms with Crippen molar-refractivity contribution in [3.8, 4) is 0 Å². The highest BCUT2D eigenvalue weighted by Gasteiger charge is 1.92. The highest BCUT2D eigenvalue weighted by Crippen LogP contribution is 1.99. The Bertz CT molecular complexity index is 59.6. The Morgan fingerprint density at radius 3 is 2.33 bits per heavy atom. The van der Waals surface area contributed by atoms with E-state index in [0.717, 1.165) is 19.0 Å². The van der Waals surface area contributed by atoms with Gasteiger partial charge in [-0.3, -0.25) is 7.05 Å². The van der Waals surface area contributed by atoms with E-state index < -0.39 is 0 Å². The zero-order valence-electron chi connectivity index (χ0n) is 6.85. The van der Waals surface area contributed by atoms with Crippen molar-refractivity contribution < 1.29 is 0 Å². The summed E-state index contributed by atoms with van der Waals surface area (Å²) in [7, 11) is 3.86. The molecule has 0 aromatic rings. The number of hydrogen-bond acceptors (Lipinski definition) is 1. The van der Waals surface area contributed by atoms with Gasteiger partial charge in [-0.05, 0) is 25.4 Å². The van der Waals surface area contributed by atoms with Crippen molar-refractivity contribution in [2.24, 2.45) is 5.92 Å².